The molecule has 0 spiro atoms. The summed E-state index contributed by atoms with van der Waals surface area (Å²) in [5, 5.41) is 9.72. The molecule has 1 atom stereocenters. The molecule has 0 saturated carbocycles. The van der Waals surface area contributed by atoms with E-state index in [1.807, 2.05) is 18.2 Å². The fourth-order valence-corrected chi connectivity index (χ4v) is 4.42. The fraction of sp³-hybridized carbons (Fsp3) is 0.143. The molecule has 6 nitrogen and oxygen atoms in total. The lowest BCUT2D eigenvalue weighted by Crippen LogP contribution is -2.32. The average Bonchev–Trinajstić information content (AvgIpc) is 3.36. The van der Waals surface area contributed by atoms with Gasteiger partial charge in [0.1, 0.15) is 5.76 Å². The van der Waals surface area contributed by atoms with Gasteiger partial charge in [-0.15, -0.1) is 5.10 Å². The smallest absolute Gasteiger partial charge is 0.242 e. The normalized spacial score (nSPS) is 18.1. The average molecular weight is 459 g/mol. The molecule has 3 aromatic rings. The highest BCUT2D eigenvalue weighted by molar-refractivity contribution is 8.15. The Bertz CT molecular complexity index is 1090. The molecule has 0 radical (unpaired) electrons. The SMILES string of the molecule is O=C1[C@@H](Cc2cc(Cl)ccc2Cl)S/C(=N/N=C\c2ccncc2)N1Cc1ccco1. The van der Waals surface area contributed by atoms with E-state index < -0.39 is 0 Å². The third-order valence-electron chi connectivity index (χ3n) is 4.38. The van der Waals surface area contributed by atoms with E-state index in [0.717, 1.165) is 11.1 Å². The van der Waals surface area contributed by atoms with E-state index in [4.69, 9.17) is 27.6 Å². The Morgan fingerprint density at radius 1 is 1.20 bits per heavy atom. The first-order chi connectivity index (χ1) is 14.6. The molecule has 1 saturated heterocycles. The molecule has 4 rings (SSSR count). The lowest BCUT2D eigenvalue weighted by atomic mass is 10.1. The molecule has 0 unspecified atom stereocenters. The van der Waals surface area contributed by atoms with Gasteiger partial charge in [0, 0.05) is 22.4 Å². The van der Waals surface area contributed by atoms with Gasteiger partial charge in [-0.25, -0.2) is 0 Å². The molecule has 1 aromatic carbocycles. The second kappa shape index (κ2) is 9.47. The molecule has 0 aliphatic carbocycles. The number of thioether (sulfide) groups is 1. The van der Waals surface area contributed by atoms with E-state index in [1.165, 1.54) is 11.8 Å². The summed E-state index contributed by atoms with van der Waals surface area (Å²) in [7, 11) is 0. The Hall–Kier alpha value is -2.61. The van der Waals surface area contributed by atoms with Crippen molar-refractivity contribution in [2.75, 3.05) is 0 Å². The third-order valence-corrected chi connectivity index (χ3v) is 6.15. The first-order valence-corrected chi connectivity index (χ1v) is 10.7. The first-order valence-electron chi connectivity index (χ1n) is 9.05. The van der Waals surface area contributed by atoms with Crippen LogP contribution in [0.4, 0.5) is 0 Å². The lowest BCUT2D eigenvalue weighted by Gasteiger charge is -2.14. The van der Waals surface area contributed by atoms with Crippen molar-refractivity contribution < 1.29 is 9.21 Å². The van der Waals surface area contributed by atoms with Crippen LogP contribution in [0.15, 0.2) is 75.7 Å². The number of carbonyl (C=O) groups excluding carboxylic acids is 1. The topological polar surface area (TPSA) is 71.1 Å². The van der Waals surface area contributed by atoms with Crippen LogP contribution in [0.3, 0.4) is 0 Å². The van der Waals surface area contributed by atoms with Crippen molar-refractivity contribution in [1.29, 1.82) is 0 Å². The number of benzene rings is 1. The molecular formula is C21H16Cl2N4O2S. The van der Waals surface area contributed by atoms with Crippen LogP contribution in [0.5, 0.6) is 0 Å². The van der Waals surface area contributed by atoms with Gasteiger partial charge >= 0.3 is 0 Å². The summed E-state index contributed by atoms with van der Waals surface area (Å²) in [5.74, 6) is 0.585. The van der Waals surface area contributed by atoms with E-state index in [-0.39, 0.29) is 17.7 Å². The largest absolute Gasteiger partial charge is 0.467 e. The van der Waals surface area contributed by atoms with Gasteiger partial charge < -0.3 is 4.42 Å². The number of carbonyl (C=O) groups is 1. The Labute approximate surface area is 187 Å². The third kappa shape index (κ3) is 4.92. The van der Waals surface area contributed by atoms with Crippen LogP contribution >= 0.6 is 35.0 Å². The highest BCUT2D eigenvalue weighted by Gasteiger charge is 2.39. The molecule has 1 aliphatic rings. The van der Waals surface area contributed by atoms with Crippen LogP contribution in [0.2, 0.25) is 10.0 Å². The molecule has 0 N–H and O–H groups in total. The van der Waals surface area contributed by atoms with Crippen LogP contribution in [0.25, 0.3) is 0 Å². The minimum absolute atomic E-state index is 0.0784. The number of furan rings is 1. The standard InChI is InChI=1S/C21H16Cl2N4O2S/c22-16-3-4-18(23)15(10-16)11-19-20(28)27(13-17-2-1-9-29-17)21(30-19)26-25-12-14-5-7-24-8-6-14/h1-10,12,19H,11,13H2/b25-12-,26-21+/t19-/m1/s1. The maximum absolute atomic E-state index is 13.1. The highest BCUT2D eigenvalue weighted by atomic mass is 35.5. The minimum atomic E-state index is -0.384. The zero-order valence-electron chi connectivity index (χ0n) is 15.6. The second-order valence-electron chi connectivity index (χ2n) is 6.46. The quantitative estimate of drug-likeness (QED) is 0.382. The number of hydrogen-bond donors (Lipinski definition) is 0. The van der Waals surface area contributed by atoms with Crippen molar-refractivity contribution in [3.63, 3.8) is 0 Å². The van der Waals surface area contributed by atoms with Crippen molar-refractivity contribution in [1.82, 2.24) is 9.88 Å². The number of hydrogen-bond acceptors (Lipinski definition) is 6. The summed E-state index contributed by atoms with van der Waals surface area (Å²) in [5.41, 5.74) is 1.68. The summed E-state index contributed by atoms with van der Waals surface area (Å²) in [6.45, 7) is 0.280. The molecular weight excluding hydrogens is 443 g/mol. The summed E-state index contributed by atoms with van der Waals surface area (Å²) >= 11 is 13.7. The van der Waals surface area contributed by atoms with E-state index >= 15 is 0 Å². The van der Waals surface area contributed by atoms with Crippen molar-refractivity contribution in [2.24, 2.45) is 10.2 Å². The molecule has 30 heavy (non-hydrogen) atoms. The monoisotopic (exact) mass is 458 g/mol. The molecule has 1 fully saturated rings. The van der Waals surface area contributed by atoms with Gasteiger partial charge in [-0.1, -0.05) is 35.0 Å². The van der Waals surface area contributed by atoms with Gasteiger partial charge in [0.05, 0.1) is 24.3 Å². The summed E-state index contributed by atoms with van der Waals surface area (Å²) < 4.78 is 5.41. The number of pyridine rings is 1. The maximum atomic E-state index is 13.1. The van der Waals surface area contributed by atoms with Gasteiger partial charge in [-0.3, -0.25) is 14.7 Å². The van der Waals surface area contributed by atoms with Crippen LogP contribution in [-0.4, -0.2) is 32.4 Å². The van der Waals surface area contributed by atoms with E-state index in [0.29, 0.717) is 27.4 Å². The van der Waals surface area contributed by atoms with Crippen LogP contribution < -0.4 is 0 Å². The second-order valence-corrected chi connectivity index (χ2v) is 8.47. The Kier molecular flexibility index (Phi) is 6.52. The fourth-order valence-electron chi connectivity index (χ4n) is 2.91. The number of amidine groups is 1. The Balaban J connectivity index is 1.57. The zero-order valence-corrected chi connectivity index (χ0v) is 17.9. The molecule has 0 bridgehead atoms. The lowest BCUT2D eigenvalue weighted by molar-refractivity contribution is -0.126. The van der Waals surface area contributed by atoms with Gasteiger partial charge in [0.15, 0.2) is 5.17 Å². The molecule has 152 valence electrons. The van der Waals surface area contributed by atoms with Gasteiger partial charge in [-0.05, 0) is 60.0 Å². The molecule has 2 aromatic heterocycles. The summed E-state index contributed by atoms with van der Waals surface area (Å²) in [4.78, 5) is 18.7. The van der Waals surface area contributed by atoms with E-state index in [9.17, 15) is 4.79 Å². The predicted molar refractivity (Wildman–Crippen MR) is 120 cm³/mol. The molecule has 9 heteroatoms. The van der Waals surface area contributed by atoms with Crippen LogP contribution in [0.1, 0.15) is 16.9 Å². The highest BCUT2D eigenvalue weighted by Crippen LogP contribution is 2.33. The van der Waals surface area contributed by atoms with Gasteiger partial charge in [-0.2, -0.15) is 5.10 Å². The number of nitrogens with zero attached hydrogens (tertiary/aromatic N) is 4. The minimum Gasteiger partial charge on any atom is -0.467 e. The van der Waals surface area contributed by atoms with E-state index in [1.54, 1.807) is 54.0 Å². The van der Waals surface area contributed by atoms with Crippen molar-refractivity contribution in [2.45, 2.75) is 18.2 Å². The van der Waals surface area contributed by atoms with Crippen molar-refractivity contribution in [3.05, 3.63) is 88.1 Å². The number of halogens is 2. The number of amides is 1. The molecule has 1 amide bonds. The van der Waals surface area contributed by atoms with Crippen LogP contribution in [-0.2, 0) is 17.8 Å². The number of rotatable bonds is 6. The van der Waals surface area contributed by atoms with Crippen molar-refractivity contribution >= 4 is 52.3 Å². The van der Waals surface area contributed by atoms with Crippen molar-refractivity contribution in [3.8, 4) is 0 Å². The molecule has 1 aliphatic heterocycles. The molecule has 3 heterocycles. The Morgan fingerprint density at radius 2 is 2.03 bits per heavy atom. The Morgan fingerprint density at radius 3 is 2.80 bits per heavy atom. The predicted octanol–water partition coefficient (Wildman–Crippen LogP) is 5.06. The summed E-state index contributed by atoms with van der Waals surface area (Å²) in [6.07, 6.45) is 6.98. The van der Waals surface area contributed by atoms with Crippen LogP contribution in [0, 0.1) is 0 Å². The van der Waals surface area contributed by atoms with Gasteiger partial charge in [0.25, 0.3) is 0 Å². The number of aromatic nitrogens is 1. The van der Waals surface area contributed by atoms with E-state index in [2.05, 4.69) is 15.2 Å². The summed E-state index contributed by atoms with van der Waals surface area (Å²) in [6, 6.07) is 12.5. The zero-order chi connectivity index (χ0) is 20.9. The first kappa shape index (κ1) is 20.7. The van der Waals surface area contributed by atoms with Gasteiger partial charge in [0.2, 0.25) is 5.91 Å². The maximum Gasteiger partial charge on any atom is 0.242 e.